The quantitative estimate of drug-likeness (QED) is 0.875. The van der Waals surface area contributed by atoms with E-state index in [1.807, 2.05) is 0 Å². The molecule has 0 saturated carbocycles. The molecule has 0 heterocycles. The van der Waals surface area contributed by atoms with Crippen LogP contribution < -0.4 is 10.2 Å². The molecule has 0 aliphatic rings. The second-order valence-corrected chi connectivity index (χ2v) is 5.59. The lowest BCUT2D eigenvalue weighted by Crippen LogP contribution is -2.36. The lowest BCUT2D eigenvalue weighted by molar-refractivity contribution is -0.120. The van der Waals surface area contributed by atoms with Gasteiger partial charge in [0.25, 0.3) is 0 Å². The van der Waals surface area contributed by atoms with Gasteiger partial charge in [0.1, 0.15) is 6.54 Å². The molecule has 1 N–H and O–H groups in total. The molecule has 23 heavy (non-hydrogen) atoms. The highest BCUT2D eigenvalue weighted by Crippen LogP contribution is 2.22. The van der Waals surface area contributed by atoms with E-state index in [1.165, 1.54) is 13.0 Å². The zero-order valence-electron chi connectivity index (χ0n) is 12.1. The van der Waals surface area contributed by atoms with E-state index in [1.54, 1.807) is 24.3 Å². The molecule has 0 saturated heterocycles. The molecule has 7 heteroatoms. The molecule has 0 unspecified atom stereocenters. The third kappa shape index (κ3) is 4.35. The van der Waals surface area contributed by atoms with Crippen molar-refractivity contribution < 1.29 is 18.4 Å². The molecule has 0 aromatic heterocycles. The van der Waals surface area contributed by atoms with Crippen LogP contribution in [0.15, 0.2) is 46.9 Å². The molecule has 4 nitrogen and oxygen atoms in total. The maximum Gasteiger partial charge on any atom is 0.244 e. The fourth-order valence-electron chi connectivity index (χ4n) is 1.93. The molecule has 0 radical (unpaired) electrons. The fraction of sp³-hybridized carbons (Fsp3) is 0.125. The van der Waals surface area contributed by atoms with Gasteiger partial charge in [0.05, 0.1) is 5.69 Å². The Labute approximate surface area is 140 Å². The molecule has 2 amide bonds. The van der Waals surface area contributed by atoms with E-state index in [2.05, 4.69) is 21.2 Å². The molecule has 0 aliphatic heterocycles. The minimum absolute atomic E-state index is 0.110. The minimum Gasteiger partial charge on any atom is -0.324 e. The van der Waals surface area contributed by atoms with Crippen molar-refractivity contribution in [2.75, 3.05) is 16.8 Å². The summed E-state index contributed by atoms with van der Waals surface area (Å²) in [7, 11) is 0. The SMILES string of the molecule is CC(=O)N(CC(=O)Nc1ccccc1Br)c1ccc(F)c(F)c1. The average molecular weight is 383 g/mol. The lowest BCUT2D eigenvalue weighted by Gasteiger charge is -2.21. The van der Waals surface area contributed by atoms with Gasteiger partial charge in [0, 0.05) is 23.2 Å². The van der Waals surface area contributed by atoms with Crippen LogP contribution in [0.1, 0.15) is 6.92 Å². The van der Waals surface area contributed by atoms with Crippen molar-refractivity contribution in [3.63, 3.8) is 0 Å². The Hall–Kier alpha value is -2.28. The second kappa shape index (κ2) is 7.32. The second-order valence-electron chi connectivity index (χ2n) is 4.73. The maximum atomic E-state index is 13.3. The Morgan fingerprint density at radius 2 is 1.83 bits per heavy atom. The smallest absolute Gasteiger partial charge is 0.244 e. The predicted molar refractivity (Wildman–Crippen MR) is 87.2 cm³/mol. The van der Waals surface area contributed by atoms with Crippen LogP contribution in [0.2, 0.25) is 0 Å². The first kappa shape index (κ1) is 17.1. The molecule has 0 atom stereocenters. The van der Waals surface area contributed by atoms with E-state index in [0.717, 1.165) is 17.0 Å². The number of amides is 2. The number of hydrogen-bond donors (Lipinski definition) is 1. The molecule has 120 valence electrons. The largest absolute Gasteiger partial charge is 0.324 e. The number of carbonyl (C=O) groups excluding carboxylic acids is 2. The van der Waals surface area contributed by atoms with Crippen LogP contribution in [-0.4, -0.2) is 18.4 Å². The van der Waals surface area contributed by atoms with Gasteiger partial charge in [0.2, 0.25) is 11.8 Å². The monoisotopic (exact) mass is 382 g/mol. The number of para-hydroxylation sites is 1. The Morgan fingerprint density at radius 1 is 1.13 bits per heavy atom. The summed E-state index contributed by atoms with van der Waals surface area (Å²) in [5, 5.41) is 2.64. The van der Waals surface area contributed by atoms with Crippen molar-refractivity contribution >= 4 is 39.1 Å². The number of benzene rings is 2. The molecule has 0 bridgehead atoms. The van der Waals surface area contributed by atoms with E-state index >= 15 is 0 Å². The van der Waals surface area contributed by atoms with Crippen molar-refractivity contribution in [3.8, 4) is 0 Å². The van der Waals surface area contributed by atoms with E-state index in [9.17, 15) is 18.4 Å². The van der Waals surface area contributed by atoms with E-state index in [4.69, 9.17) is 0 Å². The van der Waals surface area contributed by atoms with E-state index in [0.29, 0.717) is 10.2 Å². The number of rotatable bonds is 4. The van der Waals surface area contributed by atoms with Crippen LogP contribution in [0.5, 0.6) is 0 Å². The first-order valence-corrected chi connectivity index (χ1v) is 7.45. The summed E-state index contributed by atoms with van der Waals surface area (Å²) in [5.41, 5.74) is 0.657. The van der Waals surface area contributed by atoms with Crippen LogP contribution in [-0.2, 0) is 9.59 Å². The molecular weight excluding hydrogens is 370 g/mol. The highest BCUT2D eigenvalue weighted by molar-refractivity contribution is 9.10. The summed E-state index contributed by atoms with van der Waals surface area (Å²) < 4.78 is 27.0. The summed E-state index contributed by atoms with van der Waals surface area (Å²) in [5.74, 6) is -3.02. The van der Waals surface area contributed by atoms with Crippen LogP contribution in [0, 0.1) is 11.6 Å². The van der Waals surface area contributed by atoms with Gasteiger partial charge in [-0.3, -0.25) is 9.59 Å². The summed E-state index contributed by atoms with van der Waals surface area (Å²) in [6.07, 6.45) is 0. The maximum absolute atomic E-state index is 13.3. The minimum atomic E-state index is -1.08. The number of nitrogens with zero attached hydrogens (tertiary/aromatic N) is 1. The summed E-state index contributed by atoms with van der Waals surface area (Å²) in [6.45, 7) is 0.925. The first-order chi connectivity index (χ1) is 10.9. The van der Waals surface area contributed by atoms with Crippen molar-refractivity contribution in [2.45, 2.75) is 6.92 Å². The Bertz CT molecular complexity index is 753. The summed E-state index contributed by atoms with van der Waals surface area (Å²) >= 11 is 3.30. The molecule has 2 rings (SSSR count). The Balaban J connectivity index is 2.16. The van der Waals surface area contributed by atoms with Gasteiger partial charge in [-0.25, -0.2) is 8.78 Å². The molecule has 0 fully saturated rings. The number of halogens is 3. The highest BCUT2D eigenvalue weighted by Gasteiger charge is 2.18. The Morgan fingerprint density at radius 3 is 2.43 bits per heavy atom. The van der Waals surface area contributed by atoms with Crippen LogP contribution in [0.4, 0.5) is 20.2 Å². The number of carbonyl (C=O) groups is 2. The third-order valence-electron chi connectivity index (χ3n) is 3.04. The van der Waals surface area contributed by atoms with Crippen molar-refractivity contribution in [1.82, 2.24) is 0 Å². The normalized spacial score (nSPS) is 10.3. The third-order valence-corrected chi connectivity index (χ3v) is 3.74. The summed E-state index contributed by atoms with van der Waals surface area (Å²) in [6, 6.07) is 10.0. The predicted octanol–water partition coefficient (Wildman–Crippen LogP) is 3.72. The Kier molecular flexibility index (Phi) is 5.44. The highest BCUT2D eigenvalue weighted by atomic mass is 79.9. The van der Waals surface area contributed by atoms with Gasteiger partial charge in [-0.15, -0.1) is 0 Å². The number of nitrogens with one attached hydrogen (secondary N) is 1. The van der Waals surface area contributed by atoms with Gasteiger partial charge in [0.15, 0.2) is 11.6 Å². The molecule has 0 aliphatic carbocycles. The van der Waals surface area contributed by atoms with Crippen molar-refractivity contribution in [3.05, 3.63) is 58.6 Å². The van der Waals surface area contributed by atoms with Crippen LogP contribution in [0.3, 0.4) is 0 Å². The molecule has 2 aromatic rings. The van der Waals surface area contributed by atoms with Crippen LogP contribution in [0.25, 0.3) is 0 Å². The first-order valence-electron chi connectivity index (χ1n) is 6.66. The molecule has 2 aromatic carbocycles. The summed E-state index contributed by atoms with van der Waals surface area (Å²) in [4.78, 5) is 24.9. The van der Waals surface area contributed by atoms with Gasteiger partial charge >= 0.3 is 0 Å². The van der Waals surface area contributed by atoms with E-state index < -0.39 is 23.4 Å². The zero-order chi connectivity index (χ0) is 17.0. The number of hydrogen-bond acceptors (Lipinski definition) is 2. The molecule has 0 spiro atoms. The number of anilines is 2. The van der Waals surface area contributed by atoms with Gasteiger partial charge in [-0.1, -0.05) is 12.1 Å². The van der Waals surface area contributed by atoms with Gasteiger partial charge < -0.3 is 10.2 Å². The topological polar surface area (TPSA) is 49.4 Å². The van der Waals surface area contributed by atoms with Crippen molar-refractivity contribution in [2.24, 2.45) is 0 Å². The standard InChI is InChI=1S/C16H13BrF2N2O2/c1-10(22)21(11-6-7-13(18)14(19)8-11)9-16(23)20-15-5-3-2-4-12(15)17/h2-8H,9H2,1H3,(H,20,23). The fourth-order valence-corrected chi connectivity index (χ4v) is 2.32. The van der Waals surface area contributed by atoms with Gasteiger partial charge in [-0.05, 0) is 40.2 Å². The zero-order valence-corrected chi connectivity index (χ0v) is 13.7. The molecular formula is C16H13BrF2N2O2. The average Bonchev–Trinajstić information content (AvgIpc) is 2.50. The van der Waals surface area contributed by atoms with Crippen molar-refractivity contribution in [1.29, 1.82) is 0 Å². The van der Waals surface area contributed by atoms with E-state index in [-0.39, 0.29) is 12.2 Å². The van der Waals surface area contributed by atoms with Crippen LogP contribution >= 0.6 is 15.9 Å². The van der Waals surface area contributed by atoms with Gasteiger partial charge in [-0.2, -0.15) is 0 Å². The lowest BCUT2D eigenvalue weighted by atomic mass is 10.2.